The van der Waals surface area contributed by atoms with E-state index in [2.05, 4.69) is 0 Å². The lowest BCUT2D eigenvalue weighted by Gasteiger charge is -2.27. The SMILES string of the molecule is COc1cc(CC2COCCC2Cl)cc([N+](=O)[O-])c1. The number of hydrogen-bond acceptors (Lipinski definition) is 4. The molecule has 0 amide bonds. The fourth-order valence-corrected chi connectivity index (χ4v) is 2.50. The van der Waals surface area contributed by atoms with Gasteiger partial charge in [-0.1, -0.05) is 0 Å². The molecule has 0 N–H and O–H groups in total. The number of alkyl halides is 1. The van der Waals surface area contributed by atoms with Crippen molar-refractivity contribution in [3.63, 3.8) is 0 Å². The first-order valence-electron chi connectivity index (χ1n) is 6.14. The van der Waals surface area contributed by atoms with Crippen molar-refractivity contribution < 1.29 is 14.4 Å². The number of halogens is 1. The van der Waals surface area contributed by atoms with Crippen LogP contribution in [0.15, 0.2) is 18.2 Å². The second-order valence-electron chi connectivity index (χ2n) is 4.64. The second-order valence-corrected chi connectivity index (χ2v) is 5.20. The molecule has 0 aliphatic carbocycles. The summed E-state index contributed by atoms with van der Waals surface area (Å²) >= 11 is 6.26. The summed E-state index contributed by atoms with van der Waals surface area (Å²) in [5.74, 6) is 0.675. The number of benzene rings is 1. The smallest absolute Gasteiger partial charge is 0.273 e. The molecule has 6 heteroatoms. The molecule has 0 aromatic heterocycles. The van der Waals surface area contributed by atoms with Crippen molar-refractivity contribution in [2.24, 2.45) is 5.92 Å². The van der Waals surface area contributed by atoms with Gasteiger partial charge in [0.2, 0.25) is 0 Å². The van der Waals surface area contributed by atoms with Gasteiger partial charge < -0.3 is 9.47 Å². The zero-order valence-electron chi connectivity index (χ0n) is 10.7. The molecular formula is C13H16ClNO4. The van der Waals surface area contributed by atoms with Crippen molar-refractivity contribution in [3.8, 4) is 5.75 Å². The Morgan fingerprint density at radius 3 is 2.95 bits per heavy atom. The Hall–Kier alpha value is -1.33. The van der Waals surface area contributed by atoms with E-state index in [-0.39, 0.29) is 17.0 Å². The van der Waals surface area contributed by atoms with Crippen LogP contribution in [0.1, 0.15) is 12.0 Å². The van der Waals surface area contributed by atoms with Crippen LogP contribution in [0.2, 0.25) is 0 Å². The van der Waals surface area contributed by atoms with Gasteiger partial charge in [-0.25, -0.2) is 0 Å². The molecule has 0 radical (unpaired) electrons. The van der Waals surface area contributed by atoms with E-state index in [1.54, 1.807) is 6.07 Å². The molecule has 1 fully saturated rings. The molecule has 1 aromatic carbocycles. The third-order valence-electron chi connectivity index (χ3n) is 3.28. The van der Waals surface area contributed by atoms with Gasteiger partial charge in [0.05, 0.1) is 24.7 Å². The predicted octanol–water partition coefficient (Wildman–Crippen LogP) is 2.79. The molecule has 2 atom stereocenters. The minimum absolute atomic E-state index is 0.0391. The summed E-state index contributed by atoms with van der Waals surface area (Å²) in [6.07, 6.45) is 1.48. The molecule has 1 aliphatic rings. The lowest BCUT2D eigenvalue weighted by molar-refractivity contribution is -0.385. The maximum Gasteiger partial charge on any atom is 0.273 e. The van der Waals surface area contributed by atoms with Crippen molar-refractivity contribution in [3.05, 3.63) is 33.9 Å². The van der Waals surface area contributed by atoms with E-state index in [4.69, 9.17) is 21.1 Å². The Morgan fingerprint density at radius 1 is 1.53 bits per heavy atom. The fourth-order valence-electron chi connectivity index (χ4n) is 2.24. The van der Waals surface area contributed by atoms with Crippen LogP contribution in [0.5, 0.6) is 5.75 Å². The maximum absolute atomic E-state index is 10.9. The number of non-ortho nitro benzene ring substituents is 1. The lowest BCUT2D eigenvalue weighted by Crippen LogP contribution is -2.29. The van der Waals surface area contributed by atoms with Gasteiger partial charge in [0.25, 0.3) is 5.69 Å². The van der Waals surface area contributed by atoms with E-state index in [1.165, 1.54) is 13.2 Å². The van der Waals surface area contributed by atoms with E-state index in [0.717, 1.165) is 12.0 Å². The standard InChI is InChI=1S/C13H16ClNO4/c1-18-12-6-9(5-11(7-12)15(16)17)4-10-8-19-3-2-13(10)14/h5-7,10,13H,2-4,8H2,1H3. The molecule has 2 rings (SSSR count). The topological polar surface area (TPSA) is 61.6 Å². The Kier molecular flexibility index (Phi) is 4.61. The van der Waals surface area contributed by atoms with Crippen LogP contribution in [0.3, 0.4) is 0 Å². The Bertz CT molecular complexity index is 466. The Morgan fingerprint density at radius 2 is 2.32 bits per heavy atom. The minimum Gasteiger partial charge on any atom is -0.496 e. The van der Waals surface area contributed by atoms with E-state index in [9.17, 15) is 10.1 Å². The molecule has 0 bridgehead atoms. The van der Waals surface area contributed by atoms with Crippen molar-refractivity contribution in [1.82, 2.24) is 0 Å². The zero-order valence-corrected chi connectivity index (χ0v) is 11.4. The third kappa shape index (κ3) is 3.58. The number of nitro benzene ring substituents is 1. The first-order valence-corrected chi connectivity index (χ1v) is 6.58. The van der Waals surface area contributed by atoms with Crippen molar-refractivity contribution in [2.45, 2.75) is 18.2 Å². The number of hydrogen-bond donors (Lipinski definition) is 0. The quantitative estimate of drug-likeness (QED) is 0.485. The summed E-state index contributed by atoms with van der Waals surface area (Å²) in [6.45, 7) is 1.28. The molecule has 2 unspecified atom stereocenters. The molecule has 5 nitrogen and oxygen atoms in total. The summed E-state index contributed by atoms with van der Waals surface area (Å²) in [4.78, 5) is 10.5. The lowest BCUT2D eigenvalue weighted by atomic mass is 9.93. The van der Waals surface area contributed by atoms with Crippen LogP contribution < -0.4 is 4.74 Å². The molecular weight excluding hydrogens is 270 g/mol. The van der Waals surface area contributed by atoms with Gasteiger partial charge in [0.15, 0.2) is 0 Å². The van der Waals surface area contributed by atoms with Crippen molar-refractivity contribution >= 4 is 17.3 Å². The number of rotatable bonds is 4. The molecule has 1 saturated heterocycles. The summed E-state index contributed by atoms with van der Waals surface area (Å²) in [5, 5.41) is 10.9. The van der Waals surface area contributed by atoms with E-state index >= 15 is 0 Å². The number of ether oxygens (including phenoxy) is 2. The molecule has 1 aromatic rings. The monoisotopic (exact) mass is 285 g/mol. The second kappa shape index (κ2) is 6.21. The molecule has 0 saturated carbocycles. The molecule has 104 valence electrons. The van der Waals surface area contributed by atoms with Gasteiger partial charge in [-0.2, -0.15) is 0 Å². The highest BCUT2D eigenvalue weighted by atomic mass is 35.5. The van der Waals surface area contributed by atoms with Crippen LogP contribution >= 0.6 is 11.6 Å². The predicted molar refractivity (Wildman–Crippen MR) is 71.9 cm³/mol. The third-order valence-corrected chi connectivity index (χ3v) is 3.85. The number of nitrogens with zero attached hydrogens (tertiary/aromatic N) is 1. The first-order chi connectivity index (χ1) is 9.10. The summed E-state index contributed by atoms with van der Waals surface area (Å²) in [6, 6.07) is 4.80. The van der Waals surface area contributed by atoms with Crippen LogP contribution in [-0.4, -0.2) is 30.6 Å². The van der Waals surface area contributed by atoms with Gasteiger partial charge >= 0.3 is 0 Å². The van der Waals surface area contributed by atoms with E-state index in [1.807, 2.05) is 6.07 Å². The average Bonchev–Trinajstić information content (AvgIpc) is 2.41. The highest BCUT2D eigenvalue weighted by Crippen LogP contribution is 2.28. The summed E-state index contributed by atoms with van der Waals surface area (Å²) in [5.41, 5.74) is 0.893. The summed E-state index contributed by atoms with van der Waals surface area (Å²) in [7, 11) is 1.50. The van der Waals surface area contributed by atoms with Gasteiger partial charge in [0.1, 0.15) is 5.75 Å². The molecule has 19 heavy (non-hydrogen) atoms. The largest absolute Gasteiger partial charge is 0.496 e. The van der Waals surface area contributed by atoms with Crippen LogP contribution in [0.4, 0.5) is 5.69 Å². The normalized spacial score (nSPS) is 23.1. The van der Waals surface area contributed by atoms with Crippen molar-refractivity contribution in [2.75, 3.05) is 20.3 Å². The zero-order chi connectivity index (χ0) is 13.8. The molecule has 1 heterocycles. The van der Waals surface area contributed by atoms with E-state index in [0.29, 0.717) is 25.4 Å². The maximum atomic E-state index is 10.9. The first kappa shape index (κ1) is 14.1. The highest BCUT2D eigenvalue weighted by molar-refractivity contribution is 6.20. The van der Waals surface area contributed by atoms with Crippen LogP contribution in [0.25, 0.3) is 0 Å². The van der Waals surface area contributed by atoms with Gasteiger partial charge in [-0.15, -0.1) is 11.6 Å². The highest BCUT2D eigenvalue weighted by Gasteiger charge is 2.25. The summed E-state index contributed by atoms with van der Waals surface area (Å²) < 4.78 is 10.5. The van der Waals surface area contributed by atoms with Crippen molar-refractivity contribution in [1.29, 1.82) is 0 Å². The number of nitro groups is 1. The minimum atomic E-state index is -0.415. The van der Waals surface area contributed by atoms with E-state index < -0.39 is 4.92 Å². The average molecular weight is 286 g/mol. The fraction of sp³-hybridized carbons (Fsp3) is 0.538. The Balaban J connectivity index is 2.18. The molecule has 1 aliphatic heterocycles. The number of methoxy groups -OCH3 is 1. The van der Waals surface area contributed by atoms with Crippen LogP contribution in [-0.2, 0) is 11.2 Å². The Labute approximate surface area is 116 Å². The van der Waals surface area contributed by atoms with Gasteiger partial charge in [0, 0.05) is 24.0 Å². The van der Waals surface area contributed by atoms with Gasteiger partial charge in [-0.3, -0.25) is 10.1 Å². The van der Waals surface area contributed by atoms with Crippen LogP contribution in [0, 0.1) is 16.0 Å². The molecule has 0 spiro atoms. The van der Waals surface area contributed by atoms with Gasteiger partial charge in [-0.05, 0) is 24.5 Å².